The second kappa shape index (κ2) is 10.9. The fraction of sp³-hybridized carbons (Fsp3) is 0.520. The number of hydrogen-bond acceptors (Lipinski definition) is 2. The number of benzene rings is 1. The topological polar surface area (TPSA) is 45.6 Å². The number of rotatable bonds is 8. The normalized spacial score (nSPS) is 14.6. The van der Waals surface area contributed by atoms with Crippen molar-refractivity contribution in [1.29, 1.82) is 0 Å². The molecule has 31 heavy (non-hydrogen) atoms. The van der Waals surface area contributed by atoms with Gasteiger partial charge in [0.25, 0.3) is 0 Å². The number of halogens is 1. The summed E-state index contributed by atoms with van der Waals surface area (Å²) in [5, 5.41) is 0.747. The zero-order valence-corrected chi connectivity index (χ0v) is 19.6. The smallest absolute Gasteiger partial charge is 0.242 e. The van der Waals surface area contributed by atoms with Crippen molar-refractivity contribution in [2.45, 2.75) is 78.0 Å². The first kappa shape index (κ1) is 23.4. The fourth-order valence-corrected chi connectivity index (χ4v) is 4.64. The molecule has 1 heterocycles. The summed E-state index contributed by atoms with van der Waals surface area (Å²) >= 11 is 6.37. The molecule has 168 valence electrons. The fourth-order valence-electron chi connectivity index (χ4n) is 4.44. The highest BCUT2D eigenvalue weighted by Crippen LogP contribution is 2.25. The number of nitrogens with zero attached hydrogens (tertiary/aromatic N) is 3. The number of aromatic nitrogens is 1. The van der Waals surface area contributed by atoms with Crippen LogP contribution in [0.5, 0.6) is 0 Å². The van der Waals surface area contributed by atoms with Gasteiger partial charge in [0.1, 0.15) is 0 Å². The molecule has 0 unspecified atom stereocenters. The maximum Gasteiger partial charge on any atom is 0.242 e. The molecule has 0 aliphatic heterocycles. The Bertz CT molecular complexity index is 886. The quantitative estimate of drug-likeness (QED) is 0.569. The van der Waals surface area contributed by atoms with E-state index in [0.29, 0.717) is 13.1 Å². The lowest BCUT2D eigenvalue weighted by molar-refractivity contribution is -0.143. The van der Waals surface area contributed by atoms with Crippen molar-refractivity contribution in [3.8, 4) is 0 Å². The number of amides is 2. The van der Waals surface area contributed by atoms with E-state index in [1.807, 2.05) is 55.3 Å². The van der Waals surface area contributed by atoms with Crippen LogP contribution in [-0.4, -0.2) is 44.8 Å². The molecular formula is C25H34ClN3O2. The highest BCUT2D eigenvalue weighted by molar-refractivity contribution is 6.31. The van der Waals surface area contributed by atoms with Gasteiger partial charge in [-0.1, -0.05) is 49.1 Å². The Morgan fingerprint density at radius 1 is 1.10 bits per heavy atom. The lowest BCUT2D eigenvalue weighted by Crippen LogP contribution is -2.48. The monoisotopic (exact) mass is 443 g/mol. The number of carbonyl (C=O) groups is 2. The van der Waals surface area contributed by atoms with Crippen LogP contribution in [0.1, 0.15) is 64.1 Å². The summed E-state index contributed by atoms with van der Waals surface area (Å²) in [6.45, 7) is 6.79. The third-order valence-corrected chi connectivity index (χ3v) is 6.59. The average molecular weight is 444 g/mol. The summed E-state index contributed by atoms with van der Waals surface area (Å²) in [7, 11) is 0. The van der Waals surface area contributed by atoms with E-state index in [-0.39, 0.29) is 30.4 Å². The summed E-state index contributed by atoms with van der Waals surface area (Å²) in [5.41, 5.74) is 2.14. The zero-order chi connectivity index (χ0) is 22.4. The first-order valence-corrected chi connectivity index (χ1v) is 11.7. The summed E-state index contributed by atoms with van der Waals surface area (Å²) in [5.74, 6) is -0.0321. The lowest BCUT2D eigenvalue weighted by atomic mass is 9.94. The van der Waals surface area contributed by atoms with E-state index >= 15 is 0 Å². The van der Waals surface area contributed by atoms with E-state index < -0.39 is 0 Å². The van der Waals surface area contributed by atoms with E-state index in [4.69, 9.17) is 11.6 Å². The Balaban J connectivity index is 1.81. The van der Waals surface area contributed by atoms with Crippen LogP contribution >= 0.6 is 11.6 Å². The van der Waals surface area contributed by atoms with Crippen LogP contribution in [0.15, 0.2) is 42.6 Å². The SMILES string of the molecule is CC(=O)N(CC(=O)N(Cc1cccn1Cc1ccccc1Cl)C1CCCCC1)C(C)C. The predicted molar refractivity (Wildman–Crippen MR) is 125 cm³/mol. The van der Waals surface area contributed by atoms with Crippen LogP contribution in [0.3, 0.4) is 0 Å². The molecule has 6 heteroatoms. The molecule has 5 nitrogen and oxygen atoms in total. The van der Waals surface area contributed by atoms with Gasteiger partial charge >= 0.3 is 0 Å². The number of hydrogen-bond donors (Lipinski definition) is 0. The van der Waals surface area contributed by atoms with Crippen LogP contribution < -0.4 is 0 Å². The Morgan fingerprint density at radius 2 is 1.81 bits per heavy atom. The highest BCUT2D eigenvalue weighted by atomic mass is 35.5. The maximum absolute atomic E-state index is 13.4. The maximum atomic E-state index is 13.4. The summed E-state index contributed by atoms with van der Waals surface area (Å²) in [4.78, 5) is 29.1. The molecule has 1 aromatic carbocycles. The third kappa shape index (κ3) is 6.13. The van der Waals surface area contributed by atoms with Crippen LogP contribution in [0.4, 0.5) is 0 Å². The second-order valence-electron chi connectivity index (χ2n) is 8.77. The Kier molecular flexibility index (Phi) is 8.19. The third-order valence-electron chi connectivity index (χ3n) is 6.22. The molecule has 2 amide bonds. The predicted octanol–water partition coefficient (Wildman–Crippen LogP) is 5.11. The standard InChI is InChI=1S/C25H34ClN3O2/c1-19(2)28(20(3)30)18-25(31)29(22-11-5-4-6-12-22)17-23-13-9-15-27(23)16-21-10-7-8-14-24(21)26/h7-10,13-15,19,22H,4-6,11-12,16-18H2,1-3H3. The molecule has 0 radical (unpaired) electrons. The van der Waals surface area contributed by atoms with Gasteiger partial charge in [-0.15, -0.1) is 0 Å². The van der Waals surface area contributed by atoms with Crippen molar-refractivity contribution in [2.75, 3.05) is 6.54 Å². The van der Waals surface area contributed by atoms with Gasteiger partial charge in [-0.05, 0) is 50.5 Å². The summed E-state index contributed by atoms with van der Waals surface area (Å²) in [6, 6.07) is 12.2. The van der Waals surface area contributed by atoms with Gasteiger partial charge < -0.3 is 14.4 Å². The van der Waals surface area contributed by atoms with E-state index in [1.54, 1.807) is 4.90 Å². The largest absolute Gasteiger partial charge is 0.345 e. The molecule has 1 aromatic heterocycles. The Labute approximate surface area is 191 Å². The molecule has 1 aliphatic carbocycles. The second-order valence-corrected chi connectivity index (χ2v) is 9.18. The molecular weight excluding hydrogens is 410 g/mol. The van der Waals surface area contributed by atoms with Gasteiger partial charge in [-0.2, -0.15) is 0 Å². The molecule has 1 fully saturated rings. The molecule has 0 saturated heterocycles. The molecule has 0 spiro atoms. The van der Waals surface area contributed by atoms with Crippen molar-refractivity contribution < 1.29 is 9.59 Å². The first-order chi connectivity index (χ1) is 14.9. The molecule has 0 atom stereocenters. The summed E-state index contributed by atoms with van der Waals surface area (Å²) in [6.07, 6.45) is 7.62. The van der Waals surface area contributed by atoms with Gasteiger partial charge in [0.05, 0.1) is 13.1 Å². The van der Waals surface area contributed by atoms with Crippen molar-refractivity contribution in [3.05, 3.63) is 58.9 Å². The minimum absolute atomic E-state index is 0.00117. The van der Waals surface area contributed by atoms with Crippen molar-refractivity contribution in [2.24, 2.45) is 0 Å². The van der Waals surface area contributed by atoms with Crippen molar-refractivity contribution in [1.82, 2.24) is 14.4 Å². The molecule has 1 saturated carbocycles. The van der Waals surface area contributed by atoms with Gasteiger partial charge in [-0.25, -0.2) is 0 Å². The van der Waals surface area contributed by atoms with Crippen LogP contribution in [0.25, 0.3) is 0 Å². The highest BCUT2D eigenvalue weighted by Gasteiger charge is 2.28. The van der Waals surface area contributed by atoms with E-state index in [2.05, 4.69) is 10.6 Å². The number of carbonyl (C=O) groups excluding carboxylic acids is 2. The lowest BCUT2D eigenvalue weighted by Gasteiger charge is -2.36. The van der Waals surface area contributed by atoms with Crippen LogP contribution in [0.2, 0.25) is 5.02 Å². The Hall–Kier alpha value is -2.27. The van der Waals surface area contributed by atoms with Crippen LogP contribution in [-0.2, 0) is 22.7 Å². The summed E-state index contributed by atoms with van der Waals surface area (Å²) < 4.78 is 2.16. The molecule has 1 aliphatic rings. The van der Waals surface area contributed by atoms with E-state index in [9.17, 15) is 9.59 Å². The Morgan fingerprint density at radius 3 is 2.45 bits per heavy atom. The zero-order valence-electron chi connectivity index (χ0n) is 18.9. The molecule has 2 aromatic rings. The van der Waals surface area contributed by atoms with Crippen LogP contribution in [0, 0.1) is 0 Å². The van der Waals surface area contributed by atoms with Gasteiger partial charge in [0, 0.05) is 42.5 Å². The van der Waals surface area contributed by atoms with Gasteiger partial charge in [-0.3, -0.25) is 9.59 Å². The molecule has 3 rings (SSSR count). The minimum atomic E-state index is -0.0611. The first-order valence-electron chi connectivity index (χ1n) is 11.3. The van der Waals surface area contributed by atoms with E-state index in [0.717, 1.165) is 42.0 Å². The van der Waals surface area contributed by atoms with Gasteiger partial charge in [0.2, 0.25) is 11.8 Å². The molecule has 0 bridgehead atoms. The van der Waals surface area contributed by atoms with Crippen molar-refractivity contribution in [3.63, 3.8) is 0 Å². The molecule has 0 N–H and O–H groups in total. The van der Waals surface area contributed by atoms with E-state index in [1.165, 1.54) is 13.3 Å². The minimum Gasteiger partial charge on any atom is -0.345 e. The van der Waals surface area contributed by atoms with Gasteiger partial charge in [0.15, 0.2) is 0 Å². The average Bonchev–Trinajstić information content (AvgIpc) is 3.18. The van der Waals surface area contributed by atoms with Crippen molar-refractivity contribution >= 4 is 23.4 Å².